The van der Waals surface area contributed by atoms with Crippen LogP contribution >= 0.6 is 0 Å². The smallest absolute Gasteiger partial charge is 0.225 e. The highest BCUT2D eigenvalue weighted by Crippen LogP contribution is 2.34. The van der Waals surface area contributed by atoms with E-state index in [4.69, 9.17) is 9.47 Å². The molecular formula is C24H24FN3O3S. The average molecular weight is 454 g/mol. The average Bonchev–Trinajstić information content (AvgIpc) is 3.45. The number of benzene rings is 2. The molecule has 0 saturated carbocycles. The summed E-state index contributed by atoms with van der Waals surface area (Å²) >= 11 is 0. The van der Waals surface area contributed by atoms with Gasteiger partial charge in [-0.2, -0.15) is 0 Å². The largest absolute Gasteiger partial charge is 0.490 e. The van der Waals surface area contributed by atoms with E-state index >= 15 is 0 Å². The Morgan fingerprint density at radius 3 is 2.75 bits per heavy atom. The van der Waals surface area contributed by atoms with Gasteiger partial charge in [0.05, 0.1) is 22.3 Å². The van der Waals surface area contributed by atoms with Crippen molar-refractivity contribution in [2.24, 2.45) is 5.92 Å². The van der Waals surface area contributed by atoms with Crippen LogP contribution in [0.25, 0.3) is 11.1 Å². The summed E-state index contributed by atoms with van der Waals surface area (Å²) in [5.41, 5.74) is 2.65. The predicted molar refractivity (Wildman–Crippen MR) is 121 cm³/mol. The highest BCUT2D eigenvalue weighted by atomic mass is 32.2. The summed E-state index contributed by atoms with van der Waals surface area (Å²) < 4.78 is 37.8. The maximum atomic E-state index is 14.7. The van der Waals surface area contributed by atoms with Crippen LogP contribution < -0.4 is 14.4 Å². The van der Waals surface area contributed by atoms with Crippen molar-refractivity contribution < 1.29 is 18.1 Å². The summed E-state index contributed by atoms with van der Waals surface area (Å²) in [4.78, 5) is 11.7. The molecule has 0 aliphatic carbocycles. The number of fused-ring (bicyclic) bond motifs is 1. The minimum atomic E-state index is -1.12. The Morgan fingerprint density at radius 1 is 1.19 bits per heavy atom. The summed E-state index contributed by atoms with van der Waals surface area (Å²) in [6.07, 6.45) is 5.61. The summed E-state index contributed by atoms with van der Waals surface area (Å²) in [6, 6.07) is 10.4. The molecule has 2 aromatic carbocycles. The number of rotatable bonds is 6. The van der Waals surface area contributed by atoms with Crippen molar-refractivity contribution in [3.63, 3.8) is 0 Å². The summed E-state index contributed by atoms with van der Waals surface area (Å²) in [5.74, 6) is 1.64. The van der Waals surface area contributed by atoms with Crippen LogP contribution in [0.4, 0.5) is 10.3 Å². The molecule has 0 bridgehead atoms. The molecule has 8 heteroatoms. The van der Waals surface area contributed by atoms with Crippen LogP contribution in [0.1, 0.15) is 18.9 Å². The molecule has 166 valence electrons. The lowest BCUT2D eigenvalue weighted by molar-refractivity contribution is 0.250. The first-order valence-electron chi connectivity index (χ1n) is 10.7. The van der Waals surface area contributed by atoms with Crippen molar-refractivity contribution in [3.8, 4) is 22.6 Å². The SMILES string of the molecule is CCc1cnc(N2CC[C@H](COc3ccc(-c4ccc5c(c4)OC[S@]5=O)cc3F)C2)nc1. The molecule has 2 aliphatic rings. The molecule has 5 rings (SSSR count). The Labute approximate surface area is 188 Å². The Kier molecular flexibility index (Phi) is 5.78. The van der Waals surface area contributed by atoms with Crippen molar-refractivity contribution in [1.29, 1.82) is 0 Å². The van der Waals surface area contributed by atoms with Gasteiger partial charge in [0, 0.05) is 31.4 Å². The predicted octanol–water partition coefficient (Wildman–Crippen LogP) is 4.21. The normalized spacial score (nSPS) is 19.6. The second-order valence-corrected chi connectivity index (χ2v) is 9.44. The first-order chi connectivity index (χ1) is 15.6. The summed E-state index contributed by atoms with van der Waals surface area (Å²) in [7, 11) is -1.12. The molecule has 2 aliphatic heterocycles. The molecular weight excluding hydrogens is 429 g/mol. The van der Waals surface area contributed by atoms with Gasteiger partial charge < -0.3 is 14.4 Å². The number of halogens is 1. The second kappa shape index (κ2) is 8.86. The van der Waals surface area contributed by atoms with Gasteiger partial charge in [-0.25, -0.2) is 14.4 Å². The molecule has 1 fully saturated rings. The van der Waals surface area contributed by atoms with Gasteiger partial charge in [0.1, 0.15) is 5.75 Å². The lowest BCUT2D eigenvalue weighted by Gasteiger charge is -2.17. The lowest BCUT2D eigenvalue weighted by Crippen LogP contribution is -2.23. The number of anilines is 1. The van der Waals surface area contributed by atoms with Gasteiger partial charge >= 0.3 is 0 Å². The number of ether oxygens (including phenoxy) is 2. The van der Waals surface area contributed by atoms with Gasteiger partial charge in [0.15, 0.2) is 17.5 Å². The zero-order valence-electron chi connectivity index (χ0n) is 17.8. The van der Waals surface area contributed by atoms with E-state index in [1.165, 1.54) is 6.07 Å². The number of hydrogen-bond donors (Lipinski definition) is 0. The number of aromatic nitrogens is 2. The zero-order valence-corrected chi connectivity index (χ0v) is 18.6. The van der Waals surface area contributed by atoms with Crippen LogP contribution in [-0.4, -0.2) is 39.8 Å². The molecule has 2 atom stereocenters. The molecule has 1 aromatic heterocycles. The minimum Gasteiger partial charge on any atom is -0.490 e. The summed E-state index contributed by atoms with van der Waals surface area (Å²) in [5, 5.41) is 0. The van der Waals surface area contributed by atoms with Crippen LogP contribution in [0.15, 0.2) is 53.7 Å². The molecule has 6 nitrogen and oxygen atoms in total. The fraction of sp³-hybridized carbons (Fsp3) is 0.333. The van der Waals surface area contributed by atoms with Crippen molar-refractivity contribution in [1.82, 2.24) is 9.97 Å². The molecule has 0 radical (unpaired) electrons. The lowest BCUT2D eigenvalue weighted by atomic mass is 10.0. The van der Waals surface area contributed by atoms with Gasteiger partial charge in [-0.05, 0) is 53.8 Å². The molecule has 3 heterocycles. The highest BCUT2D eigenvalue weighted by Gasteiger charge is 2.25. The maximum absolute atomic E-state index is 14.7. The third-order valence-electron chi connectivity index (χ3n) is 5.92. The quantitative estimate of drug-likeness (QED) is 0.557. The van der Waals surface area contributed by atoms with Gasteiger partial charge in [-0.3, -0.25) is 4.21 Å². The van der Waals surface area contributed by atoms with E-state index in [1.54, 1.807) is 18.2 Å². The Morgan fingerprint density at radius 2 is 1.97 bits per heavy atom. The minimum absolute atomic E-state index is 0.175. The van der Waals surface area contributed by atoms with Crippen LogP contribution in [0, 0.1) is 11.7 Å². The number of aryl methyl sites for hydroxylation is 1. The van der Waals surface area contributed by atoms with Crippen LogP contribution in [0.5, 0.6) is 11.5 Å². The van der Waals surface area contributed by atoms with Crippen LogP contribution in [-0.2, 0) is 17.2 Å². The number of nitrogens with zero attached hydrogens (tertiary/aromatic N) is 3. The highest BCUT2D eigenvalue weighted by molar-refractivity contribution is 7.85. The van der Waals surface area contributed by atoms with Crippen molar-refractivity contribution in [2.45, 2.75) is 24.7 Å². The van der Waals surface area contributed by atoms with Gasteiger partial charge in [-0.1, -0.05) is 19.1 Å². The van der Waals surface area contributed by atoms with E-state index in [9.17, 15) is 8.60 Å². The zero-order chi connectivity index (χ0) is 22.1. The van der Waals surface area contributed by atoms with Gasteiger partial charge in [0.25, 0.3) is 0 Å². The van der Waals surface area contributed by atoms with E-state index in [2.05, 4.69) is 21.8 Å². The second-order valence-electron chi connectivity index (χ2n) is 8.07. The first-order valence-corrected chi connectivity index (χ1v) is 12.1. The third kappa shape index (κ3) is 4.19. The fourth-order valence-electron chi connectivity index (χ4n) is 4.02. The molecule has 0 amide bonds. The Balaban J connectivity index is 1.21. The van der Waals surface area contributed by atoms with Crippen molar-refractivity contribution in [3.05, 3.63) is 60.2 Å². The Bertz CT molecular complexity index is 1160. The molecule has 3 aromatic rings. The molecule has 32 heavy (non-hydrogen) atoms. The van der Waals surface area contributed by atoms with E-state index in [1.807, 2.05) is 24.5 Å². The molecule has 1 saturated heterocycles. The van der Waals surface area contributed by atoms with Gasteiger partial charge in [-0.15, -0.1) is 0 Å². The monoisotopic (exact) mass is 453 g/mol. The molecule has 0 unspecified atom stereocenters. The van der Waals surface area contributed by atoms with E-state index < -0.39 is 16.6 Å². The van der Waals surface area contributed by atoms with E-state index in [0.29, 0.717) is 23.2 Å². The third-order valence-corrected chi connectivity index (χ3v) is 7.08. The van der Waals surface area contributed by atoms with E-state index in [0.717, 1.165) is 48.6 Å². The van der Waals surface area contributed by atoms with Crippen molar-refractivity contribution >= 4 is 16.7 Å². The van der Waals surface area contributed by atoms with Crippen LogP contribution in [0.3, 0.4) is 0 Å². The standard InChI is InChI=1S/C24H24FN3O3S/c1-2-16-11-26-24(27-12-16)28-8-7-17(13-28)14-30-21-5-3-18(9-20(21)25)19-4-6-23-22(10-19)31-15-32(23)29/h3-6,9-12,17H,2,7-8,13-15H2,1H3/t17-,32+/m0/s1. The van der Waals surface area contributed by atoms with Crippen LogP contribution in [0.2, 0.25) is 0 Å². The summed E-state index contributed by atoms with van der Waals surface area (Å²) in [6.45, 7) is 4.18. The molecule has 0 spiro atoms. The maximum Gasteiger partial charge on any atom is 0.225 e. The fourth-order valence-corrected chi connectivity index (χ4v) is 4.94. The number of hydrogen-bond acceptors (Lipinski definition) is 6. The Hall–Kier alpha value is -3.00. The molecule has 0 N–H and O–H groups in total. The van der Waals surface area contributed by atoms with Gasteiger partial charge in [0.2, 0.25) is 5.95 Å². The topological polar surface area (TPSA) is 64.6 Å². The van der Waals surface area contributed by atoms with E-state index in [-0.39, 0.29) is 11.7 Å². The first kappa shape index (κ1) is 20.9. The van der Waals surface area contributed by atoms with Crippen molar-refractivity contribution in [2.75, 3.05) is 30.5 Å².